The van der Waals surface area contributed by atoms with E-state index in [0.717, 1.165) is 5.39 Å². The zero-order chi connectivity index (χ0) is 13.2. The van der Waals surface area contributed by atoms with Gasteiger partial charge in [-0.3, -0.25) is 5.10 Å². The number of nitrogens with zero attached hydrogens (tertiary/aromatic N) is 3. The largest absolute Gasteiger partial charge is 0.388 e. The van der Waals surface area contributed by atoms with Gasteiger partial charge in [0.05, 0.1) is 17.2 Å². The van der Waals surface area contributed by atoms with Gasteiger partial charge in [-0.25, -0.2) is 0 Å². The number of hydrogen-bond acceptors (Lipinski definition) is 6. The van der Waals surface area contributed by atoms with E-state index in [1.54, 1.807) is 20.2 Å². The molecule has 0 bridgehead atoms. The molecule has 18 heavy (non-hydrogen) atoms. The minimum atomic E-state index is -0.763. The van der Waals surface area contributed by atoms with Gasteiger partial charge in [-0.05, 0) is 13.3 Å². The highest BCUT2D eigenvalue weighted by Crippen LogP contribution is 2.20. The number of hydrogen-bond donors (Lipinski definition) is 4. The van der Waals surface area contributed by atoms with Crippen molar-refractivity contribution in [3.8, 4) is 0 Å². The van der Waals surface area contributed by atoms with Crippen molar-refractivity contribution in [3.05, 3.63) is 6.20 Å². The Morgan fingerprint density at radius 2 is 2.22 bits per heavy atom. The van der Waals surface area contributed by atoms with Crippen molar-refractivity contribution in [2.24, 2.45) is 0 Å². The minimum absolute atomic E-state index is 0.421. The Morgan fingerprint density at radius 3 is 2.89 bits per heavy atom. The molecular formula is C11H18N6O. The highest BCUT2D eigenvalue weighted by atomic mass is 16.3. The van der Waals surface area contributed by atoms with Crippen LogP contribution in [0, 0.1) is 0 Å². The average molecular weight is 250 g/mol. The highest BCUT2D eigenvalue weighted by Gasteiger charge is 2.18. The first-order chi connectivity index (χ1) is 8.55. The fourth-order valence-corrected chi connectivity index (χ4v) is 1.48. The van der Waals surface area contributed by atoms with E-state index in [4.69, 9.17) is 0 Å². The lowest BCUT2D eigenvalue weighted by molar-refractivity contribution is 0.0697. The van der Waals surface area contributed by atoms with Gasteiger partial charge in [0.2, 0.25) is 5.95 Å². The summed E-state index contributed by atoms with van der Waals surface area (Å²) >= 11 is 0. The van der Waals surface area contributed by atoms with E-state index in [1.165, 1.54) is 0 Å². The van der Waals surface area contributed by atoms with Gasteiger partial charge < -0.3 is 15.7 Å². The SMILES string of the molecule is CCC(C)(O)CNc1nc(NC)nc2[nH]ncc12. The summed E-state index contributed by atoms with van der Waals surface area (Å²) in [5.74, 6) is 1.16. The third-order valence-corrected chi connectivity index (χ3v) is 2.93. The van der Waals surface area contributed by atoms with E-state index in [1.807, 2.05) is 6.92 Å². The smallest absolute Gasteiger partial charge is 0.226 e. The quantitative estimate of drug-likeness (QED) is 0.631. The van der Waals surface area contributed by atoms with Gasteiger partial charge in [-0.15, -0.1) is 0 Å². The normalized spacial score (nSPS) is 14.4. The van der Waals surface area contributed by atoms with Crippen LogP contribution < -0.4 is 10.6 Å². The molecule has 0 saturated heterocycles. The van der Waals surface area contributed by atoms with Crippen LogP contribution in [0.3, 0.4) is 0 Å². The third-order valence-electron chi connectivity index (χ3n) is 2.93. The van der Waals surface area contributed by atoms with Crippen LogP contribution in [0.15, 0.2) is 6.20 Å². The summed E-state index contributed by atoms with van der Waals surface area (Å²) in [5, 5.41) is 23.6. The van der Waals surface area contributed by atoms with Crippen molar-refractivity contribution >= 4 is 22.8 Å². The van der Waals surface area contributed by atoms with Crippen LogP contribution in [0.2, 0.25) is 0 Å². The minimum Gasteiger partial charge on any atom is -0.388 e. The molecule has 0 aliphatic carbocycles. The third kappa shape index (κ3) is 2.51. The Balaban J connectivity index is 2.28. The molecule has 0 aromatic carbocycles. The summed E-state index contributed by atoms with van der Waals surface area (Å²) in [4.78, 5) is 8.56. The van der Waals surface area contributed by atoms with E-state index >= 15 is 0 Å². The molecule has 1 unspecified atom stereocenters. The van der Waals surface area contributed by atoms with Crippen LogP contribution in [0.4, 0.5) is 11.8 Å². The second-order valence-electron chi connectivity index (χ2n) is 4.48. The molecule has 0 saturated carbocycles. The predicted molar refractivity (Wildman–Crippen MR) is 70.6 cm³/mol. The number of anilines is 2. The molecule has 1 atom stereocenters. The van der Waals surface area contributed by atoms with Crippen molar-refractivity contribution < 1.29 is 5.11 Å². The van der Waals surface area contributed by atoms with Crippen molar-refractivity contribution in [3.63, 3.8) is 0 Å². The molecule has 0 fully saturated rings. The fourth-order valence-electron chi connectivity index (χ4n) is 1.48. The van der Waals surface area contributed by atoms with E-state index in [0.29, 0.717) is 30.4 Å². The number of aromatic nitrogens is 4. The lowest BCUT2D eigenvalue weighted by Gasteiger charge is -2.22. The van der Waals surface area contributed by atoms with E-state index in [-0.39, 0.29) is 0 Å². The van der Waals surface area contributed by atoms with Gasteiger partial charge in [0, 0.05) is 13.6 Å². The summed E-state index contributed by atoms with van der Waals surface area (Å²) in [7, 11) is 1.75. The lowest BCUT2D eigenvalue weighted by atomic mass is 10.0. The van der Waals surface area contributed by atoms with Crippen LogP contribution >= 0.6 is 0 Å². The number of fused-ring (bicyclic) bond motifs is 1. The molecule has 2 heterocycles. The number of rotatable bonds is 5. The zero-order valence-corrected chi connectivity index (χ0v) is 10.8. The maximum absolute atomic E-state index is 9.99. The second-order valence-corrected chi connectivity index (χ2v) is 4.48. The first kappa shape index (κ1) is 12.6. The predicted octanol–water partition coefficient (Wildman–Crippen LogP) is 0.967. The molecule has 98 valence electrons. The molecule has 0 aliphatic heterocycles. The number of nitrogens with one attached hydrogen (secondary N) is 3. The zero-order valence-electron chi connectivity index (χ0n) is 10.8. The molecule has 0 amide bonds. The number of H-pyrrole nitrogens is 1. The van der Waals surface area contributed by atoms with Crippen molar-refractivity contribution in [1.82, 2.24) is 20.2 Å². The fraction of sp³-hybridized carbons (Fsp3) is 0.545. The van der Waals surface area contributed by atoms with Gasteiger partial charge >= 0.3 is 0 Å². The van der Waals surface area contributed by atoms with Crippen LogP contribution in [-0.2, 0) is 0 Å². The molecular weight excluding hydrogens is 232 g/mol. The summed E-state index contributed by atoms with van der Waals surface area (Å²) in [6, 6.07) is 0. The van der Waals surface area contributed by atoms with Crippen molar-refractivity contribution in [1.29, 1.82) is 0 Å². The Labute approximate surface area is 105 Å². The summed E-state index contributed by atoms with van der Waals surface area (Å²) in [6.45, 7) is 4.14. The summed E-state index contributed by atoms with van der Waals surface area (Å²) < 4.78 is 0. The first-order valence-electron chi connectivity index (χ1n) is 5.91. The van der Waals surface area contributed by atoms with Gasteiger partial charge in [0.25, 0.3) is 0 Å². The topological polar surface area (TPSA) is 98.7 Å². The molecule has 2 rings (SSSR count). The molecule has 2 aromatic rings. The van der Waals surface area contributed by atoms with Gasteiger partial charge in [-0.2, -0.15) is 15.1 Å². The maximum Gasteiger partial charge on any atom is 0.226 e. The van der Waals surface area contributed by atoms with Crippen LogP contribution in [-0.4, -0.2) is 44.5 Å². The van der Waals surface area contributed by atoms with Gasteiger partial charge in [0.1, 0.15) is 5.82 Å². The van der Waals surface area contributed by atoms with Gasteiger partial charge in [0.15, 0.2) is 5.65 Å². The summed E-state index contributed by atoms with van der Waals surface area (Å²) in [5.41, 5.74) is -0.103. The average Bonchev–Trinajstić information content (AvgIpc) is 2.84. The molecule has 0 aliphatic rings. The molecule has 2 aromatic heterocycles. The number of aromatic amines is 1. The van der Waals surface area contributed by atoms with E-state index < -0.39 is 5.60 Å². The Bertz CT molecular complexity index is 535. The molecule has 4 N–H and O–H groups in total. The Kier molecular flexibility index (Phi) is 3.33. The lowest BCUT2D eigenvalue weighted by Crippen LogP contribution is -2.32. The molecule has 7 nitrogen and oxygen atoms in total. The van der Waals surface area contributed by atoms with Crippen molar-refractivity contribution in [2.45, 2.75) is 25.9 Å². The number of aliphatic hydroxyl groups is 1. The standard InChI is InChI=1S/C11H18N6O/c1-4-11(2,18)6-13-8-7-5-14-17-9(7)16-10(12-3)15-8/h5,18H,4,6H2,1-3H3,(H3,12,13,14,15,16,17). The molecule has 0 spiro atoms. The Hall–Kier alpha value is -1.89. The van der Waals surface area contributed by atoms with E-state index in [2.05, 4.69) is 30.8 Å². The van der Waals surface area contributed by atoms with Gasteiger partial charge in [-0.1, -0.05) is 6.92 Å². The van der Waals surface area contributed by atoms with Crippen LogP contribution in [0.1, 0.15) is 20.3 Å². The second kappa shape index (κ2) is 4.77. The van der Waals surface area contributed by atoms with Crippen LogP contribution in [0.5, 0.6) is 0 Å². The van der Waals surface area contributed by atoms with E-state index in [9.17, 15) is 5.11 Å². The molecule has 0 radical (unpaired) electrons. The monoisotopic (exact) mass is 250 g/mol. The summed E-state index contributed by atoms with van der Waals surface area (Å²) in [6.07, 6.45) is 2.33. The maximum atomic E-state index is 9.99. The first-order valence-corrected chi connectivity index (χ1v) is 5.91. The molecule has 7 heteroatoms. The van der Waals surface area contributed by atoms with Crippen molar-refractivity contribution in [2.75, 3.05) is 24.2 Å². The highest BCUT2D eigenvalue weighted by molar-refractivity contribution is 5.86. The van der Waals surface area contributed by atoms with Crippen LogP contribution in [0.25, 0.3) is 11.0 Å². The Morgan fingerprint density at radius 1 is 1.44 bits per heavy atom.